The molecule has 0 aliphatic heterocycles. The van der Waals surface area contributed by atoms with Crippen LogP contribution in [0.25, 0.3) is 0 Å². The van der Waals surface area contributed by atoms with E-state index in [1.807, 2.05) is 12.1 Å². The molecule has 2 aromatic rings. The van der Waals surface area contributed by atoms with Gasteiger partial charge in [0, 0.05) is 11.1 Å². The van der Waals surface area contributed by atoms with E-state index in [0.29, 0.717) is 5.56 Å². The highest BCUT2D eigenvalue weighted by Gasteiger charge is 2.13. The third-order valence-electron chi connectivity index (χ3n) is 2.40. The van der Waals surface area contributed by atoms with E-state index in [0.717, 1.165) is 0 Å². The third kappa shape index (κ3) is 2.16. The van der Waals surface area contributed by atoms with Gasteiger partial charge in [-0.05, 0) is 18.2 Å². The van der Waals surface area contributed by atoms with Crippen molar-refractivity contribution in [3.63, 3.8) is 0 Å². The molecule has 0 aliphatic carbocycles. The second-order valence-electron chi connectivity index (χ2n) is 3.54. The zero-order valence-corrected chi connectivity index (χ0v) is 8.92. The summed E-state index contributed by atoms with van der Waals surface area (Å²) < 4.78 is 0. The maximum Gasteiger partial charge on any atom is 0.194 e. The number of carbonyl (C=O) groups is 1. The zero-order chi connectivity index (χ0) is 12.3. The molecule has 17 heavy (non-hydrogen) atoms. The summed E-state index contributed by atoms with van der Waals surface area (Å²) in [6.45, 7) is 0. The number of rotatable bonds is 2. The monoisotopic (exact) mass is 223 g/mol. The quantitative estimate of drug-likeness (QED) is 0.795. The van der Waals surface area contributed by atoms with Crippen LogP contribution in [0.15, 0.2) is 48.5 Å². The van der Waals surface area contributed by atoms with Crippen molar-refractivity contribution in [1.82, 2.24) is 0 Å². The van der Waals surface area contributed by atoms with Crippen molar-refractivity contribution in [2.24, 2.45) is 0 Å². The second kappa shape index (κ2) is 4.50. The first-order chi connectivity index (χ1) is 8.22. The van der Waals surface area contributed by atoms with Gasteiger partial charge >= 0.3 is 0 Å². The molecule has 0 saturated carbocycles. The Labute approximate surface area is 98.6 Å². The fourth-order valence-corrected chi connectivity index (χ4v) is 1.56. The largest absolute Gasteiger partial charge is 0.508 e. The van der Waals surface area contributed by atoms with E-state index < -0.39 is 0 Å². The minimum Gasteiger partial charge on any atom is -0.508 e. The predicted octanol–water partition coefficient (Wildman–Crippen LogP) is 2.49. The molecule has 0 unspecified atom stereocenters. The zero-order valence-electron chi connectivity index (χ0n) is 8.92. The predicted molar refractivity (Wildman–Crippen MR) is 62.7 cm³/mol. The summed E-state index contributed by atoms with van der Waals surface area (Å²) in [7, 11) is 0. The van der Waals surface area contributed by atoms with E-state index in [2.05, 4.69) is 0 Å². The summed E-state index contributed by atoms with van der Waals surface area (Å²) in [4.78, 5) is 12.1. The first kappa shape index (κ1) is 10.9. The molecule has 1 N–H and O–H groups in total. The molecule has 3 nitrogen and oxygen atoms in total. The molecular formula is C14H9NO2. The number of ketones is 1. The van der Waals surface area contributed by atoms with Crippen molar-refractivity contribution >= 4 is 5.78 Å². The maximum atomic E-state index is 12.1. The highest BCUT2D eigenvalue weighted by atomic mass is 16.3. The molecule has 0 aromatic heterocycles. The molecule has 0 saturated heterocycles. The van der Waals surface area contributed by atoms with Gasteiger partial charge < -0.3 is 5.11 Å². The lowest BCUT2D eigenvalue weighted by Crippen LogP contribution is -2.03. The molecule has 2 rings (SSSR count). The Balaban J connectivity index is 2.52. The lowest BCUT2D eigenvalue weighted by atomic mass is 9.99. The van der Waals surface area contributed by atoms with Crippen molar-refractivity contribution in [1.29, 1.82) is 5.26 Å². The molecule has 0 spiro atoms. The molecule has 2 aromatic carbocycles. The Morgan fingerprint density at radius 1 is 1.12 bits per heavy atom. The number of hydrogen-bond acceptors (Lipinski definition) is 3. The van der Waals surface area contributed by atoms with Gasteiger partial charge in [-0.25, -0.2) is 0 Å². The van der Waals surface area contributed by atoms with E-state index >= 15 is 0 Å². The van der Waals surface area contributed by atoms with Crippen molar-refractivity contribution < 1.29 is 9.90 Å². The molecule has 0 amide bonds. The van der Waals surface area contributed by atoms with Crippen LogP contribution in [0.2, 0.25) is 0 Å². The van der Waals surface area contributed by atoms with Gasteiger partial charge in [0.2, 0.25) is 0 Å². The molecule has 82 valence electrons. The lowest BCUT2D eigenvalue weighted by molar-refractivity contribution is 0.103. The van der Waals surface area contributed by atoms with E-state index in [-0.39, 0.29) is 22.7 Å². The molecule has 0 bridgehead atoms. The maximum absolute atomic E-state index is 12.1. The smallest absolute Gasteiger partial charge is 0.194 e. The number of phenolic OH excluding ortho intramolecular Hbond substituents is 1. The third-order valence-corrected chi connectivity index (χ3v) is 2.40. The van der Waals surface area contributed by atoms with Crippen molar-refractivity contribution in [2.75, 3.05) is 0 Å². The molecule has 0 aliphatic rings. The fourth-order valence-electron chi connectivity index (χ4n) is 1.56. The molecule has 3 heteroatoms. The summed E-state index contributed by atoms with van der Waals surface area (Å²) >= 11 is 0. The summed E-state index contributed by atoms with van der Waals surface area (Å²) in [5.41, 5.74) is 0.977. The van der Waals surface area contributed by atoms with Crippen LogP contribution in [0.4, 0.5) is 0 Å². The van der Waals surface area contributed by atoms with Crippen LogP contribution in [0.1, 0.15) is 21.5 Å². The number of nitriles is 1. The summed E-state index contributed by atoms with van der Waals surface area (Å²) in [6.07, 6.45) is 0. The van der Waals surface area contributed by atoms with Crippen LogP contribution in [0, 0.1) is 11.3 Å². The van der Waals surface area contributed by atoms with Gasteiger partial charge in [0.15, 0.2) is 5.78 Å². The van der Waals surface area contributed by atoms with Crippen molar-refractivity contribution in [3.05, 3.63) is 65.2 Å². The van der Waals surface area contributed by atoms with Crippen LogP contribution < -0.4 is 0 Å². The van der Waals surface area contributed by atoms with E-state index in [1.165, 1.54) is 18.2 Å². The van der Waals surface area contributed by atoms with Gasteiger partial charge in [0.1, 0.15) is 5.75 Å². The number of phenols is 1. The lowest BCUT2D eigenvalue weighted by Gasteiger charge is -2.03. The van der Waals surface area contributed by atoms with Gasteiger partial charge in [0.25, 0.3) is 0 Å². The number of nitrogens with zero attached hydrogens (tertiary/aromatic N) is 1. The first-order valence-corrected chi connectivity index (χ1v) is 5.05. The summed E-state index contributed by atoms with van der Waals surface area (Å²) in [5, 5.41) is 18.3. The van der Waals surface area contributed by atoms with Gasteiger partial charge in [-0.1, -0.05) is 30.3 Å². The van der Waals surface area contributed by atoms with E-state index in [1.54, 1.807) is 24.3 Å². The van der Waals surface area contributed by atoms with Crippen LogP contribution >= 0.6 is 0 Å². The highest BCUT2D eigenvalue weighted by Crippen LogP contribution is 2.19. The molecular weight excluding hydrogens is 214 g/mol. The minimum atomic E-state index is -0.266. The summed E-state index contributed by atoms with van der Waals surface area (Å²) in [6, 6.07) is 14.7. The average Bonchev–Trinajstić information content (AvgIpc) is 2.39. The first-order valence-electron chi connectivity index (χ1n) is 5.05. The Morgan fingerprint density at radius 2 is 1.82 bits per heavy atom. The average molecular weight is 223 g/mol. The summed E-state index contributed by atoms with van der Waals surface area (Å²) in [5.74, 6) is -0.290. The standard InChI is InChI=1S/C14H9NO2/c15-9-11-6-7-12(16)8-13(11)14(17)10-4-2-1-3-5-10/h1-8,16H. The number of hydrogen-bond donors (Lipinski definition) is 1. The number of benzene rings is 2. The van der Waals surface area contributed by atoms with Crippen molar-refractivity contribution in [2.45, 2.75) is 0 Å². The van der Waals surface area contributed by atoms with Crippen LogP contribution in [-0.2, 0) is 0 Å². The van der Waals surface area contributed by atoms with Crippen molar-refractivity contribution in [3.8, 4) is 11.8 Å². The normalized spacial score (nSPS) is 9.59. The Morgan fingerprint density at radius 3 is 2.47 bits per heavy atom. The van der Waals surface area contributed by atoms with Crippen LogP contribution in [0.5, 0.6) is 5.75 Å². The minimum absolute atomic E-state index is 0.0247. The SMILES string of the molecule is N#Cc1ccc(O)cc1C(=O)c1ccccc1. The fraction of sp³-hybridized carbons (Fsp3) is 0. The van der Waals surface area contributed by atoms with Crippen LogP contribution in [0.3, 0.4) is 0 Å². The topological polar surface area (TPSA) is 61.1 Å². The van der Waals surface area contributed by atoms with E-state index in [9.17, 15) is 9.90 Å². The van der Waals surface area contributed by atoms with Gasteiger partial charge in [-0.2, -0.15) is 5.26 Å². The highest BCUT2D eigenvalue weighted by molar-refractivity contribution is 6.10. The Hall–Kier alpha value is -2.60. The molecule has 0 radical (unpaired) electrons. The van der Waals surface area contributed by atoms with Gasteiger partial charge in [-0.3, -0.25) is 4.79 Å². The molecule has 0 fully saturated rings. The Bertz CT molecular complexity index is 597. The molecule has 0 atom stereocenters. The Kier molecular flexibility index (Phi) is 2.89. The van der Waals surface area contributed by atoms with E-state index in [4.69, 9.17) is 5.26 Å². The number of carbonyl (C=O) groups excluding carboxylic acids is 1. The number of aromatic hydroxyl groups is 1. The second-order valence-corrected chi connectivity index (χ2v) is 3.54. The molecule has 0 heterocycles. The van der Waals surface area contributed by atoms with Crippen LogP contribution in [-0.4, -0.2) is 10.9 Å². The van der Waals surface area contributed by atoms with Gasteiger partial charge in [0.05, 0.1) is 11.6 Å². The van der Waals surface area contributed by atoms with Gasteiger partial charge in [-0.15, -0.1) is 0 Å².